The fraction of sp³-hybridized carbons (Fsp3) is 0.300. The minimum absolute atomic E-state index is 0.240. The molecular weight excluding hydrogens is 328 g/mol. The second-order valence-corrected chi connectivity index (χ2v) is 6.12. The second-order valence-electron chi connectivity index (χ2n) is 6.12. The minimum atomic E-state index is -0.240. The molecule has 3 rings (SSSR count). The summed E-state index contributed by atoms with van der Waals surface area (Å²) in [5, 5.41) is 2.90. The van der Waals surface area contributed by atoms with Crippen LogP contribution < -0.4 is 5.32 Å². The number of carbonyl (C=O) groups excluding carboxylic acids is 1. The Bertz CT molecular complexity index is 835. The molecule has 0 aliphatic heterocycles. The Morgan fingerprint density at radius 2 is 2.08 bits per heavy atom. The van der Waals surface area contributed by atoms with Gasteiger partial charge in [-0.25, -0.2) is 4.98 Å². The lowest BCUT2D eigenvalue weighted by molar-refractivity contribution is 0.0993. The molecule has 0 atom stereocenters. The second kappa shape index (κ2) is 8.49. The summed E-state index contributed by atoms with van der Waals surface area (Å²) in [6, 6.07) is 11.4. The molecule has 0 bridgehead atoms. The van der Waals surface area contributed by atoms with Crippen molar-refractivity contribution in [3.63, 3.8) is 0 Å². The summed E-state index contributed by atoms with van der Waals surface area (Å²) in [6.07, 6.45) is 5.43. The molecule has 2 heterocycles. The van der Waals surface area contributed by atoms with E-state index in [0.29, 0.717) is 18.8 Å². The zero-order valence-electron chi connectivity index (χ0n) is 15.2. The minimum Gasteiger partial charge on any atom is -0.455 e. The van der Waals surface area contributed by atoms with Crippen LogP contribution in [0.2, 0.25) is 0 Å². The van der Waals surface area contributed by atoms with Gasteiger partial charge in [-0.3, -0.25) is 9.69 Å². The van der Waals surface area contributed by atoms with Crippen LogP contribution in [-0.2, 0) is 13.1 Å². The molecule has 136 valence electrons. The maximum absolute atomic E-state index is 12.4. The van der Waals surface area contributed by atoms with Crippen LogP contribution in [0.4, 0.5) is 5.69 Å². The highest BCUT2D eigenvalue weighted by atomic mass is 16.4. The normalized spacial score (nSPS) is 11.0. The van der Waals surface area contributed by atoms with Gasteiger partial charge in [-0.15, -0.1) is 0 Å². The fourth-order valence-corrected chi connectivity index (χ4v) is 2.78. The van der Waals surface area contributed by atoms with Crippen LogP contribution in [0.5, 0.6) is 0 Å². The number of aromatic nitrogens is 2. The smallest absolute Gasteiger partial charge is 0.291 e. The predicted octanol–water partition coefficient (Wildman–Crippen LogP) is 3.62. The van der Waals surface area contributed by atoms with Gasteiger partial charge in [-0.1, -0.05) is 26.0 Å². The van der Waals surface area contributed by atoms with Crippen LogP contribution in [0.25, 0.3) is 0 Å². The molecule has 2 aromatic heterocycles. The van der Waals surface area contributed by atoms with E-state index in [1.165, 1.54) is 0 Å². The lowest BCUT2D eigenvalue weighted by Gasteiger charge is -2.15. The van der Waals surface area contributed by atoms with E-state index in [1.54, 1.807) is 18.6 Å². The molecule has 1 N–H and O–H groups in total. The van der Waals surface area contributed by atoms with Crippen LogP contribution in [0, 0.1) is 0 Å². The van der Waals surface area contributed by atoms with Crippen LogP contribution in [0.15, 0.2) is 59.5 Å². The maximum atomic E-state index is 12.4. The highest BCUT2D eigenvalue weighted by molar-refractivity contribution is 6.02. The van der Waals surface area contributed by atoms with E-state index in [1.807, 2.05) is 41.1 Å². The van der Waals surface area contributed by atoms with Crippen molar-refractivity contribution in [3.05, 3.63) is 72.2 Å². The van der Waals surface area contributed by atoms with Crippen molar-refractivity contribution in [1.82, 2.24) is 14.5 Å². The molecule has 0 aliphatic carbocycles. The molecule has 0 radical (unpaired) electrons. The van der Waals surface area contributed by atoms with Crippen LogP contribution >= 0.6 is 0 Å². The molecule has 6 nitrogen and oxygen atoms in total. The molecule has 26 heavy (non-hydrogen) atoms. The van der Waals surface area contributed by atoms with Gasteiger partial charge in [0.25, 0.3) is 5.91 Å². The highest BCUT2D eigenvalue weighted by Gasteiger charge is 2.13. The lowest BCUT2D eigenvalue weighted by atomic mass is 10.2. The van der Waals surface area contributed by atoms with Crippen molar-refractivity contribution in [2.75, 3.05) is 18.4 Å². The number of nitrogens with zero attached hydrogens (tertiary/aromatic N) is 3. The molecule has 0 fully saturated rings. The zero-order valence-corrected chi connectivity index (χ0v) is 15.2. The number of anilines is 1. The zero-order chi connectivity index (χ0) is 18.4. The average Bonchev–Trinajstić information content (AvgIpc) is 3.32. The van der Waals surface area contributed by atoms with Crippen LogP contribution in [-0.4, -0.2) is 33.4 Å². The summed E-state index contributed by atoms with van der Waals surface area (Å²) in [7, 11) is 0. The monoisotopic (exact) mass is 352 g/mol. The van der Waals surface area contributed by atoms with Crippen molar-refractivity contribution in [2.45, 2.75) is 26.9 Å². The van der Waals surface area contributed by atoms with Crippen molar-refractivity contribution >= 4 is 11.6 Å². The van der Waals surface area contributed by atoms with Crippen molar-refractivity contribution in [2.24, 2.45) is 0 Å². The molecule has 0 aliphatic rings. The van der Waals surface area contributed by atoms with E-state index in [0.717, 1.165) is 30.1 Å². The van der Waals surface area contributed by atoms with Gasteiger partial charge in [0.15, 0.2) is 5.76 Å². The summed E-state index contributed by atoms with van der Waals surface area (Å²) in [5.74, 6) is 0.885. The molecule has 6 heteroatoms. The predicted molar refractivity (Wildman–Crippen MR) is 101 cm³/mol. The van der Waals surface area contributed by atoms with Gasteiger partial charge in [0.2, 0.25) is 0 Å². The number of rotatable bonds is 8. The van der Waals surface area contributed by atoms with Crippen LogP contribution in [0.1, 0.15) is 35.7 Å². The number of hydrogen-bond acceptors (Lipinski definition) is 4. The molecule has 0 unspecified atom stereocenters. The molecule has 3 aromatic rings. The number of carbonyl (C=O) groups is 1. The molecule has 0 spiro atoms. The Kier molecular flexibility index (Phi) is 5.86. The summed E-state index contributed by atoms with van der Waals surface area (Å²) in [6.45, 7) is 7.53. The van der Waals surface area contributed by atoms with E-state index >= 15 is 0 Å². The topological polar surface area (TPSA) is 63.3 Å². The largest absolute Gasteiger partial charge is 0.455 e. The summed E-state index contributed by atoms with van der Waals surface area (Å²) in [5.41, 5.74) is 1.83. The SMILES string of the molecule is CCN(CC)Cc1ccc(C(=O)Nc2cccc(Cn3ccnc3)c2)o1. The van der Waals surface area contributed by atoms with Crippen LogP contribution in [0.3, 0.4) is 0 Å². The Morgan fingerprint density at radius 3 is 2.81 bits per heavy atom. The van der Waals surface area contributed by atoms with Gasteiger partial charge in [-0.2, -0.15) is 0 Å². The number of furan rings is 1. The van der Waals surface area contributed by atoms with E-state index in [9.17, 15) is 4.79 Å². The Labute approximate surface area is 153 Å². The quantitative estimate of drug-likeness (QED) is 0.672. The standard InChI is InChI=1S/C20H24N4O2/c1-3-23(4-2)14-18-8-9-19(26-18)20(25)22-17-7-5-6-16(12-17)13-24-11-10-21-15-24/h5-12,15H,3-4,13-14H2,1-2H3,(H,22,25). The van der Waals surface area contributed by atoms with E-state index in [4.69, 9.17) is 4.42 Å². The van der Waals surface area contributed by atoms with Gasteiger partial charge in [0.05, 0.1) is 12.9 Å². The Balaban J connectivity index is 1.64. The number of amides is 1. The van der Waals surface area contributed by atoms with E-state index in [2.05, 4.69) is 29.0 Å². The van der Waals surface area contributed by atoms with Gasteiger partial charge in [0.1, 0.15) is 5.76 Å². The molecule has 0 saturated heterocycles. The summed E-state index contributed by atoms with van der Waals surface area (Å²) >= 11 is 0. The number of benzene rings is 1. The van der Waals surface area contributed by atoms with Gasteiger partial charge in [-0.05, 0) is 42.9 Å². The fourth-order valence-electron chi connectivity index (χ4n) is 2.78. The van der Waals surface area contributed by atoms with Crippen molar-refractivity contribution < 1.29 is 9.21 Å². The third-order valence-electron chi connectivity index (χ3n) is 4.27. The Morgan fingerprint density at radius 1 is 1.23 bits per heavy atom. The molecule has 1 amide bonds. The number of hydrogen-bond donors (Lipinski definition) is 1. The van der Waals surface area contributed by atoms with Crippen molar-refractivity contribution in [3.8, 4) is 0 Å². The first-order valence-corrected chi connectivity index (χ1v) is 8.85. The third kappa shape index (κ3) is 4.61. The van der Waals surface area contributed by atoms with Gasteiger partial charge >= 0.3 is 0 Å². The summed E-state index contributed by atoms with van der Waals surface area (Å²) < 4.78 is 7.68. The summed E-state index contributed by atoms with van der Waals surface area (Å²) in [4.78, 5) is 18.7. The highest BCUT2D eigenvalue weighted by Crippen LogP contribution is 2.16. The maximum Gasteiger partial charge on any atom is 0.291 e. The van der Waals surface area contributed by atoms with E-state index < -0.39 is 0 Å². The first kappa shape index (κ1) is 17.9. The lowest BCUT2D eigenvalue weighted by Crippen LogP contribution is -2.21. The number of imidazole rings is 1. The molecule has 0 saturated carbocycles. The first-order valence-electron chi connectivity index (χ1n) is 8.85. The Hall–Kier alpha value is -2.86. The van der Waals surface area contributed by atoms with E-state index in [-0.39, 0.29) is 5.91 Å². The van der Waals surface area contributed by atoms with Gasteiger partial charge in [0, 0.05) is 24.6 Å². The molecular formula is C20H24N4O2. The number of nitrogens with one attached hydrogen (secondary N) is 1. The average molecular weight is 352 g/mol. The van der Waals surface area contributed by atoms with Crippen molar-refractivity contribution in [1.29, 1.82) is 0 Å². The third-order valence-corrected chi connectivity index (χ3v) is 4.27. The van der Waals surface area contributed by atoms with Gasteiger partial charge < -0.3 is 14.3 Å². The first-order chi connectivity index (χ1) is 12.7. The molecule has 1 aromatic carbocycles.